The van der Waals surface area contributed by atoms with Gasteiger partial charge in [-0.1, -0.05) is 29.8 Å². The normalized spacial score (nSPS) is 14.4. The van der Waals surface area contributed by atoms with E-state index in [0.717, 1.165) is 43.1 Å². The first-order valence-electron chi connectivity index (χ1n) is 12.9. The van der Waals surface area contributed by atoms with Gasteiger partial charge in [0.1, 0.15) is 5.75 Å². The first-order chi connectivity index (χ1) is 19.3. The Labute approximate surface area is 237 Å². The van der Waals surface area contributed by atoms with Crippen LogP contribution in [0.25, 0.3) is 22.3 Å². The number of anilines is 4. The molecular formula is C28H32ClN9O2. The second-order valence-corrected chi connectivity index (χ2v) is 10.3. The minimum absolute atomic E-state index is 0.223. The largest absolute Gasteiger partial charge is 0.506 e. The van der Waals surface area contributed by atoms with Gasteiger partial charge in [-0.15, -0.1) is 0 Å². The number of phenols is 1. The van der Waals surface area contributed by atoms with Gasteiger partial charge in [0.2, 0.25) is 11.9 Å². The first kappa shape index (κ1) is 27.4. The number of hydrogen-bond acceptors (Lipinski definition) is 9. The maximum absolute atomic E-state index is 12.4. The number of piperazine rings is 1. The van der Waals surface area contributed by atoms with Crippen LogP contribution >= 0.6 is 11.6 Å². The zero-order chi connectivity index (χ0) is 28.2. The molecule has 0 atom stereocenters. The maximum atomic E-state index is 12.4. The molecule has 1 aliphatic rings. The predicted molar refractivity (Wildman–Crippen MR) is 160 cm³/mol. The van der Waals surface area contributed by atoms with E-state index in [1.54, 1.807) is 18.2 Å². The summed E-state index contributed by atoms with van der Waals surface area (Å²) in [6, 6.07) is 12.7. The summed E-state index contributed by atoms with van der Waals surface area (Å²) in [7, 11) is 5.97. The molecule has 1 amide bonds. The predicted octanol–water partition coefficient (Wildman–Crippen LogP) is 3.93. The molecule has 0 aliphatic carbocycles. The molecule has 208 valence electrons. The lowest BCUT2D eigenvalue weighted by molar-refractivity contribution is -0.111. The fourth-order valence-electron chi connectivity index (χ4n) is 4.49. The molecule has 5 rings (SSSR count). The molecule has 1 saturated heterocycles. The van der Waals surface area contributed by atoms with Crippen molar-refractivity contribution in [2.24, 2.45) is 0 Å². The van der Waals surface area contributed by atoms with Gasteiger partial charge in [-0.2, -0.15) is 10.1 Å². The second kappa shape index (κ2) is 11.9. The van der Waals surface area contributed by atoms with Gasteiger partial charge in [-0.25, -0.2) is 4.98 Å². The third-order valence-electron chi connectivity index (χ3n) is 6.59. The number of aromatic nitrogens is 4. The van der Waals surface area contributed by atoms with Crippen molar-refractivity contribution in [3.05, 3.63) is 59.8 Å². The number of nitrogens with one attached hydrogen (secondary N) is 3. The molecule has 0 saturated carbocycles. The van der Waals surface area contributed by atoms with Crippen molar-refractivity contribution >= 4 is 51.6 Å². The minimum Gasteiger partial charge on any atom is -0.506 e. The molecule has 0 bridgehead atoms. The number of aromatic amines is 1. The number of hydrogen-bond donors (Lipinski definition) is 4. The van der Waals surface area contributed by atoms with Crippen LogP contribution < -0.4 is 15.5 Å². The van der Waals surface area contributed by atoms with E-state index in [2.05, 4.69) is 42.7 Å². The molecule has 4 aromatic rings. The Hall–Kier alpha value is -4.19. The number of carbonyl (C=O) groups is 1. The van der Waals surface area contributed by atoms with Crippen molar-refractivity contribution < 1.29 is 9.90 Å². The first-order valence-corrected chi connectivity index (χ1v) is 13.3. The van der Waals surface area contributed by atoms with E-state index in [0.29, 0.717) is 34.9 Å². The summed E-state index contributed by atoms with van der Waals surface area (Å²) in [6.45, 7) is 4.16. The topological polar surface area (TPSA) is 126 Å². The van der Waals surface area contributed by atoms with E-state index >= 15 is 0 Å². The van der Waals surface area contributed by atoms with Crippen LogP contribution in [0.4, 0.5) is 23.0 Å². The summed E-state index contributed by atoms with van der Waals surface area (Å²) in [5, 5.41) is 24.5. The number of likely N-dealkylation sites (N-methyl/N-ethyl adjacent to an activating group) is 2. The van der Waals surface area contributed by atoms with E-state index in [1.807, 2.05) is 49.3 Å². The molecule has 3 heterocycles. The van der Waals surface area contributed by atoms with E-state index in [-0.39, 0.29) is 16.8 Å². The zero-order valence-electron chi connectivity index (χ0n) is 22.6. The highest BCUT2D eigenvalue weighted by Gasteiger charge is 2.19. The Bertz CT molecular complexity index is 1540. The number of phenolic OH excluding ortho intramolecular Hbond substituents is 1. The molecule has 0 spiro atoms. The lowest BCUT2D eigenvalue weighted by atomic mass is 10.1. The van der Waals surface area contributed by atoms with E-state index in [9.17, 15) is 9.90 Å². The highest BCUT2D eigenvalue weighted by atomic mass is 35.5. The van der Waals surface area contributed by atoms with Gasteiger partial charge in [0, 0.05) is 55.7 Å². The van der Waals surface area contributed by atoms with Crippen molar-refractivity contribution in [2.45, 2.75) is 0 Å². The van der Waals surface area contributed by atoms with Gasteiger partial charge >= 0.3 is 0 Å². The van der Waals surface area contributed by atoms with Crippen LogP contribution in [-0.2, 0) is 4.79 Å². The fourth-order valence-corrected chi connectivity index (χ4v) is 4.71. The van der Waals surface area contributed by atoms with Crippen LogP contribution in [0.2, 0.25) is 5.15 Å². The Morgan fingerprint density at radius 3 is 2.70 bits per heavy atom. The molecule has 12 heteroatoms. The number of fused-ring (bicyclic) bond motifs is 1. The number of H-pyrrole nitrogens is 1. The van der Waals surface area contributed by atoms with Crippen molar-refractivity contribution in [3.8, 4) is 17.0 Å². The monoisotopic (exact) mass is 561 g/mol. The molecule has 2 aromatic carbocycles. The van der Waals surface area contributed by atoms with Crippen molar-refractivity contribution in [3.63, 3.8) is 0 Å². The number of carbonyl (C=O) groups excluding carboxylic acids is 1. The highest BCUT2D eigenvalue weighted by Crippen LogP contribution is 2.35. The van der Waals surface area contributed by atoms with Crippen molar-refractivity contribution in [1.29, 1.82) is 0 Å². The van der Waals surface area contributed by atoms with Crippen LogP contribution in [0.15, 0.2) is 54.6 Å². The van der Waals surface area contributed by atoms with Crippen LogP contribution in [-0.4, -0.2) is 94.8 Å². The molecular weight excluding hydrogens is 530 g/mol. The molecule has 2 aromatic heterocycles. The fraction of sp³-hybridized carbons (Fsp3) is 0.286. The molecule has 40 heavy (non-hydrogen) atoms. The van der Waals surface area contributed by atoms with Gasteiger partial charge in [-0.05, 0) is 51.5 Å². The highest BCUT2D eigenvalue weighted by molar-refractivity contribution is 6.35. The summed E-state index contributed by atoms with van der Waals surface area (Å²) in [6.07, 6.45) is 3.31. The molecule has 0 unspecified atom stereocenters. The average Bonchev–Trinajstić information content (AvgIpc) is 3.30. The van der Waals surface area contributed by atoms with Crippen LogP contribution in [0.5, 0.6) is 5.75 Å². The summed E-state index contributed by atoms with van der Waals surface area (Å²) < 4.78 is 0. The van der Waals surface area contributed by atoms with E-state index < -0.39 is 0 Å². The van der Waals surface area contributed by atoms with E-state index in [1.165, 1.54) is 6.08 Å². The van der Waals surface area contributed by atoms with Gasteiger partial charge in [-0.3, -0.25) is 9.89 Å². The number of aromatic hydroxyl groups is 1. The number of benzene rings is 2. The summed E-state index contributed by atoms with van der Waals surface area (Å²) in [5.41, 5.74) is 3.87. The Morgan fingerprint density at radius 1 is 1.12 bits per heavy atom. The molecule has 4 N–H and O–H groups in total. The van der Waals surface area contributed by atoms with Gasteiger partial charge in [0.25, 0.3) is 0 Å². The quantitative estimate of drug-likeness (QED) is 0.187. The van der Waals surface area contributed by atoms with Gasteiger partial charge in [0.15, 0.2) is 10.8 Å². The average molecular weight is 562 g/mol. The minimum atomic E-state index is -0.223. The van der Waals surface area contributed by atoms with E-state index in [4.69, 9.17) is 16.6 Å². The van der Waals surface area contributed by atoms with Crippen molar-refractivity contribution in [2.75, 3.05) is 69.4 Å². The van der Waals surface area contributed by atoms with Crippen molar-refractivity contribution in [1.82, 2.24) is 30.0 Å². The Balaban J connectivity index is 1.43. The van der Waals surface area contributed by atoms with Crippen LogP contribution in [0.3, 0.4) is 0 Å². The lowest BCUT2D eigenvalue weighted by Crippen LogP contribution is -2.44. The third kappa shape index (κ3) is 6.33. The lowest BCUT2D eigenvalue weighted by Gasteiger charge is -2.34. The zero-order valence-corrected chi connectivity index (χ0v) is 23.4. The number of rotatable bonds is 8. The summed E-state index contributed by atoms with van der Waals surface area (Å²) in [4.78, 5) is 28.2. The number of nitrogens with zero attached hydrogens (tertiary/aromatic N) is 6. The second-order valence-electron chi connectivity index (χ2n) is 9.99. The summed E-state index contributed by atoms with van der Waals surface area (Å²) in [5.74, 6) is 0.334. The maximum Gasteiger partial charge on any atom is 0.248 e. The number of amides is 1. The van der Waals surface area contributed by atoms with Gasteiger partial charge < -0.3 is 30.4 Å². The molecule has 11 nitrogen and oxygen atoms in total. The number of halogens is 1. The van der Waals surface area contributed by atoms with Gasteiger partial charge in [0.05, 0.1) is 16.8 Å². The Kier molecular flexibility index (Phi) is 8.15. The molecule has 1 aliphatic heterocycles. The third-order valence-corrected chi connectivity index (χ3v) is 6.87. The summed E-state index contributed by atoms with van der Waals surface area (Å²) >= 11 is 6.42. The van der Waals surface area contributed by atoms with Crippen LogP contribution in [0.1, 0.15) is 0 Å². The SMILES string of the molecule is CN(C)C/C=C/C(=O)Nc1cccc(-c2nc(Nc3ccc(O)c(N4CCN(C)CC4)c3)nc3[nH]nc(Cl)c23)c1. The smallest absolute Gasteiger partial charge is 0.248 e. The Morgan fingerprint density at radius 2 is 1.93 bits per heavy atom. The molecule has 1 fully saturated rings. The molecule has 0 radical (unpaired) electrons. The standard InChI is InChI=1S/C28H32ClN9O2/c1-36(2)11-5-8-23(40)30-19-7-4-6-18(16-19)25-24-26(29)34-35-27(24)33-28(32-25)31-20-9-10-22(39)21(17-20)38-14-12-37(3)13-15-38/h4-10,16-17,39H,11-15H2,1-3H3,(H,30,40)(H2,31,32,33,34,35)/b8-5+. The van der Waals surface area contributed by atoms with Crippen LogP contribution in [0, 0.1) is 0 Å².